The molecule has 0 saturated carbocycles. The number of nitrogens with one attached hydrogen (secondary N) is 1. The van der Waals surface area contributed by atoms with Crippen LogP contribution >= 0.6 is 0 Å². The number of nitrogens with zero attached hydrogens (tertiary/aromatic N) is 4. The molecule has 1 saturated heterocycles. The lowest BCUT2D eigenvalue weighted by atomic mass is 10.1. The first-order chi connectivity index (χ1) is 12.6. The van der Waals surface area contributed by atoms with Crippen molar-refractivity contribution in [2.24, 2.45) is 0 Å². The zero-order valence-corrected chi connectivity index (χ0v) is 14.7. The van der Waals surface area contributed by atoms with Gasteiger partial charge in [0.05, 0.1) is 43.0 Å². The lowest BCUT2D eigenvalue weighted by Crippen LogP contribution is -2.44. The van der Waals surface area contributed by atoms with Crippen molar-refractivity contribution in [1.82, 2.24) is 20.2 Å². The highest BCUT2D eigenvalue weighted by molar-refractivity contribution is 5.97. The number of H-pyrrole nitrogens is 1. The third-order valence-electron chi connectivity index (χ3n) is 4.56. The van der Waals surface area contributed by atoms with Gasteiger partial charge < -0.3 is 25.8 Å². The number of aromatic nitrogens is 4. The molecule has 1 aliphatic heterocycles. The third-order valence-corrected chi connectivity index (χ3v) is 4.56. The van der Waals surface area contributed by atoms with Crippen molar-refractivity contribution in [3.05, 3.63) is 18.2 Å². The van der Waals surface area contributed by atoms with Crippen molar-refractivity contribution in [2.45, 2.75) is 13.0 Å². The van der Waals surface area contributed by atoms with E-state index in [1.54, 1.807) is 7.11 Å². The van der Waals surface area contributed by atoms with Gasteiger partial charge in [-0.15, -0.1) is 0 Å². The van der Waals surface area contributed by atoms with Gasteiger partial charge in [0.1, 0.15) is 11.6 Å². The summed E-state index contributed by atoms with van der Waals surface area (Å²) in [5.41, 5.74) is 14.2. The molecule has 5 N–H and O–H groups in total. The summed E-state index contributed by atoms with van der Waals surface area (Å²) in [6.45, 7) is 4.18. The molecular formula is C17H21N7O2. The van der Waals surface area contributed by atoms with Gasteiger partial charge in [-0.05, 0) is 19.1 Å². The number of nitrogen functional groups attached to an aromatic ring is 2. The van der Waals surface area contributed by atoms with Gasteiger partial charge >= 0.3 is 0 Å². The second-order valence-electron chi connectivity index (χ2n) is 6.30. The largest absolute Gasteiger partial charge is 0.496 e. The Kier molecular flexibility index (Phi) is 4.00. The van der Waals surface area contributed by atoms with Crippen molar-refractivity contribution in [3.8, 4) is 17.0 Å². The summed E-state index contributed by atoms with van der Waals surface area (Å²) in [7, 11) is 1.60. The number of hydrogen-bond acceptors (Lipinski definition) is 8. The van der Waals surface area contributed by atoms with Crippen LogP contribution in [-0.2, 0) is 4.74 Å². The van der Waals surface area contributed by atoms with Crippen LogP contribution in [-0.4, -0.2) is 53.1 Å². The number of anilines is 3. The summed E-state index contributed by atoms with van der Waals surface area (Å²) in [5.74, 6) is 2.03. The highest BCUT2D eigenvalue weighted by atomic mass is 16.5. The number of benzene rings is 1. The van der Waals surface area contributed by atoms with Crippen LogP contribution < -0.4 is 21.1 Å². The van der Waals surface area contributed by atoms with E-state index in [0.717, 1.165) is 28.8 Å². The molecule has 1 aliphatic rings. The van der Waals surface area contributed by atoms with Gasteiger partial charge in [-0.3, -0.25) is 5.10 Å². The van der Waals surface area contributed by atoms with Crippen LogP contribution in [0, 0.1) is 0 Å². The van der Waals surface area contributed by atoms with Crippen LogP contribution in [0.4, 0.5) is 17.6 Å². The van der Waals surface area contributed by atoms with Crippen molar-refractivity contribution in [3.63, 3.8) is 0 Å². The fourth-order valence-electron chi connectivity index (χ4n) is 3.27. The Labute approximate surface area is 150 Å². The number of morpholine rings is 1. The number of methoxy groups -OCH3 is 1. The summed E-state index contributed by atoms with van der Waals surface area (Å²) in [5, 5.41) is 7.72. The van der Waals surface area contributed by atoms with E-state index in [0.29, 0.717) is 30.5 Å². The quantitative estimate of drug-likeness (QED) is 0.643. The molecule has 9 nitrogen and oxygen atoms in total. The van der Waals surface area contributed by atoms with Crippen molar-refractivity contribution < 1.29 is 9.47 Å². The van der Waals surface area contributed by atoms with E-state index in [-0.39, 0.29) is 12.0 Å². The minimum atomic E-state index is 0.218. The van der Waals surface area contributed by atoms with Gasteiger partial charge in [0.15, 0.2) is 5.82 Å². The van der Waals surface area contributed by atoms with Crippen LogP contribution in [0.25, 0.3) is 22.2 Å². The molecule has 0 bridgehead atoms. The fraction of sp³-hybridized carbons (Fsp3) is 0.353. The molecule has 9 heteroatoms. The Bertz CT molecular complexity index is 956. The molecule has 1 fully saturated rings. The van der Waals surface area contributed by atoms with Gasteiger partial charge in [0.2, 0.25) is 5.95 Å². The molecule has 1 unspecified atom stereocenters. The van der Waals surface area contributed by atoms with E-state index in [2.05, 4.69) is 32.0 Å². The van der Waals surface area contributed by atoms with Crippen LogP contribution in [0.15, 0.2) is 18.2 Å². The van der Waals surface area contributed by atoms with Crippen LogP contribution in [0.1, 0.15) is 6.92 Å². The molecule has 3 heterocycles. The number of fused-ring (bicyclic) bond motifs is 1. The molecule has 136 valence electrons. The summed E-state index contributed by atoms with van der Waals surface area (Å²) < 4.78 is 11.0. The van der Waals surface area contributed by atoms with Crippen LogP contribution in [0.5, 0.6) is 5.75 Å². The van der Waals surface area contributed by atoms with Crippen molar-refractivity contribution in [2.75, 3.05) is 43.2 Å². The topological polar surface area (TPSA) is 128 Å². The fourth-order valence-corrected chi connectivity index (χ4v) is 3.27. The van der Waals surface area contributed by atoms with Gasteiger partial charge in [0.25, 0.3) is 0 Å². The van der Waals surface area contributed by atoms with E-state index >= 15 is 0 Å². The van der Waals surface area contributed by atoms with E-state index in [1.807, 2.05) is 18.2 Å². The second-order valence-corrected chi connectivity index (χ2v) is 6.30. The average Bonchev–Trinajstić information content (AvgIpc) is 3.02. The van der Waals surface area contributed by atoms with Crippen LogP contribution in [0.3, 0.4) is 0 Å². The number of ether oxygens (including phenoxy) is 2. The molecule has 0 spiro atoms. The Balaban J connectivity index is 1.82. The number of nitrogens with two attached hydrogens (primary N) is 2. The van der Waals surface area contributed by atoms with Gasteiger partial charge in [-0.2, -0.15) is 10.1 Å². The maximum atomic E-state index is 5.98. The minimum absolute atomic E-state index is 0.218. The molecule has 1 atom stereocenters. The lowest BCUT2D eigenvalue weighted by Gasteiger charge is -2.34. The summed E-state index contributed by atoms with van der Waals surface area (Å²) >= 11 is 0. The molecule has 0 amide bonds. The Morgan fingerprint density at radius 2 is 2.12 bits per heavy atom. The lowest BCUT2D eigenvalue weighted by molar-refractivity contribution is 0.0985. The van der Waals surface area contributed by atoms with Crippen molar-refractivity contribution >= 4 is 28.5 Å². The normalized spacial score (nSPS) is 17.6. The van der Waals surface area contributed by atoms with Gasteiger partial charge in [-0.25, -0.2) is 4.98 Å². The molecule has 3 aromatic rings. The predicted molar refractivity (Wildman–Crippen MR) is 100 cm³/mol. The highest BCUT2D eigenvalue weighted by Gasteiger charge is 2.22. The summed E-state index contributed by atoms with van der Waals surface area (Å²) in [6.07, 6.45) is 0. The average molecular weight is 355 g/mol. The number of rotatable bonds is 3. The van der Waals surface area contributed by atoms with Crippen molar-refractivity contribution in [1.29, 1.82) is 0 Å². The Morgan fingerprint density at radius 3 is 2.88 bits per heavy atom. The first kappa shape index (κ1) is 16.4. The van der Waals surface area contributed by atoms with E-state index < -0.39 is 0 Å². The SMILES string of the molecule is COc1cc(-c2cc(N3CCOCC3C)nc(N)n2)cc2[nH]nc(N)c12. The first-order valence-corrected chi connectivity index (χ1v) is 8.37. The second kappa shape index (κ2) is 6.34. The molecule has 2 aromatic heterocycles. The molecule has 1 aromatic carbocycles. The molecule has 0 aliphatic carbocycles. The van der Waals surface area contributed by atoms with Gasteiger partial charge in [-0.1, -0.05) is 0 Å². The van der Waals surface area contributed by atoms with E-state index in [1.165, 1.54) is 0 Å². The number of hydrogen-bond donors (Lipinski definition) is 3. The zero-order chi connectivity index (χ0) is 18.3. The first-order valence-electron chi connectivity index (χ1n) is 8.37. The minimum Gasteiger partial charge on any atom is -0.496 e. The van der Waals surface area contributed by atoms with E-state index in [9.17, 15) is 0 Å². The molecule has 4 rings (SSSR count). The zero-order valence-electron chi connectivity index (χ0n) is 14.7. The van der Waals surface area contributed by atoms with E-state index in [4.69, 9.17) is 20.9 Å². The van der Waals surface area contributed by atoms with Crippen LogP contribution in [0.2, 0.25) is 0 Å². The molecule has 0 radical (unpaired) electrons. The van der Waals surface area contributed by atoms with Gasteiger partial charge in [0, 0.05) is 18.2 Å². The standard InChI is InChI=1S/C17H21N7O2/c1-9-8-26-4-3-24(9)14-7-11(20-17(19)21-14)10-5-12-15(13(6-10)25-2)16(18)23-22-12/h5-7,9H,3-4,8H2,1-2H3,(H3,18,22,23)(H2,19,20,21). The Morgan fingerprint density at radius 1 is 1.27 bits per heavy atom. The third kappa shape index (κ3) is 2.76. The smallest absolute Gasteiger partial charge is 0.222 e. The maximum Gasteiger partial charge on any atom is 0.222 e. The molecule has 26 heavy (non-hydrogen) atoms. The summed E-state index contributed by atoms with van der Waals surface area (Å²) in [4.78, 5) is 11.0. The monoisotopic (exact) mass is 355 g/mol. The summed E-state index contributed by atoms with van der Waals surface area (Å²) in [6, 6.07) is 5.95. The maximum absolute atomic E-state index is 5.98. The predicted octanol–water partition coefficient (Wildman–Crippen LogP) is 1.42. The number of aromatic amines is 1. The highest BCUT2D eigenvalue weighted by Crippen LogP contribution is 2.35. The Hall–Kier alpha value is -3.07. The molecular weight excluding hydrogens is 334 g/mol.